The first kappa shape index (κ1) is 16.2. The van der Waals surface area contributed by atoms with Crippen LogP contribution in [0, 0.1) is 0 Å². The van der Waals surface area contributed by atoms with E-state index >= 15 is 0 Å². The smallest absolute Gasteiger partial charge is 0.231 e. The molecule has 1 fully saturated rings. The molecule has 1 aromatic carbocycles. The molecule has 0 unspecified atom stereocenters. The topological polar surface area (TPSA) is 54.9 Å². The van der Waals surface area contributed by atoms with Gasteiger partial charge in [-0.05, 0) is 43.9 Å². The lowest BCUT2D eigenvalue weighted by atomic mass is 10.1. The van der Waals surface area contributed by atoms with Gasteiger partial charge < -0.3 is 20.1 Å². The van der Waals surface area contributed by atoms with Gasteiger partial charge in [0.1, 0.15) is 0 Å². The van der Waals surface area contributed by atoms with Crippen molar-refractivity contribution in [3.05, 3.63) is 23.8 Å². The van der Waals surface area contributed by atoms with E-state index in [2.05, 4.69) is 28.6 Å². The van der Waals surface area contributed by atoms with Crippen LogP contribution < -0.4 is 20.1 Å². The predicted molar refractivity (Wildman–Crippen MR) is 93.8 cm³/mol. The average molecular weight is 403 g/mol. The van der Waals surface area contributed by atoms with E-state index in [1.54, 1.807) is 0 Å². The van der Waals surface area contributed by atoms with Gasteiger partial charge in [0, 0.05) is 19.1 Å². The molecule has 0 saturated heterocycles. The molecule has 0 aromatic heterocycles. The molecule has 2 N–H and O–H groups in total. The van der Waals surface area contributed by atoms with Crippen molar-refractivity contribution in [2.24, 2.45) is 4.99 Å². The minimum absolute atomic E-state index is 0. The van der Waals surface area contributed by atoms with Gasteiger partial charge in [-0.3, -0.25) is 4.99 Å². The Labute approximate surface area is 142 Å². The number of benzene rings is 1. The van der Waals surface area contributed by atoms with Crippen molar-refractivity contribution in [3.8, 4) is 11.5 Å². The summed E-state index contributed by atoms with van der Waals surface area (Å²) in [6, 6.07) is 6.71. The number of nitrogens with zero attached hydrogens (tertiary/aromatic N) is 1. The highest BCUT2D eigenvalue weighted by molar-refractivity contribution is 14.0. The summed E-state index contributed by atoms with van der Waals surface area (Å²) in [5, 5.41) is 6.69. The molecule has 6 heteroatoms. The van der Waals surface area contributed by atoms with Crippen molar-refractivity contribution in [3.63, 3.8) is 0 Å². The van der Waals surface area contributed by atoms with E-state index in [1.807, 2.05) is 12.1 Å². The van der Waals surface area contributed by atoms with Gasteiger partial charge in [0.05, 0.1) is 0 Å². The number of aliphatic imine (C=N–C) groups is 1. The van der Waals surface area contributed by atoms with Crippen molar-refractivity contribution >= 4 is 29.9 Å². The van der Waals surface area contributed by atoms with Gasteiger partial charge in [0.15, 0.2) is 17.5 Å². The van der Waals surface area contributed by atoms with Crippen LogP contribution in [0.25, 0.3) is 0 Å². The largest absolute Gasteiger partial charge is 0.454 e. The van der Waals surface area contributed by atoms with Gasteiger partial charge in [-0.2, -0.15) is 0 Å². The maximum absolute atomic E-state index is 5.38. The van der Waals surface area contributed by atoms with Crippen LogP contribution in [-0.4, -0.2) is 31.9 Å². The molecule has 116 valence electrons. The molecule has 0 bridgehead atoms. The first-order valence-electron chi connectivity index (χ1n) is 7.28. The molecule has 0 atom stereocenters. The molecule has 0 spiro atoms. The van der Waals surface area contributed by atoms with Crippen molar-refractivity contribution in [2.45, 2.75) is 32.2 Å². The van der Waals surface area contributed by atoms with Crippen molar-refractivity contribution in [2.75, 3.05) is 19.9 Å². The molecule has 5 nitrogen and oxygen atoms in total. The first-order chi connectivity index (χ1) is 9.85. The van der Waals surface area contributed by atoms with Crippen LogP contribution >= 0.6 is 24.0 Å². The maximum atomic E-state index is 5.38. The van der Waals surface area contributed by atoms with Crippen LogP contribution in [0.1, 0.15) is 25.3 Å². The number of fused-ring (bicyclic) bond motifs is 1. The minimum Gasteiger partial charge on any atom is -0.454 e. The summed E-state index contributed by atoms with van der Waals surface area (Å²) >= 11 is 0. The molecule has 3 rings (SSSR count). The van der Waals surface area contributed by atoms with Crippen molar-refractivity contribution in [1.82, 2.24) is 10.6 Å². The SMILES string of the molecule is CCNC(=NCCc1ccc2c(c1)OCO2)NC1CC1.I. The summed E-state index contributed by atoms with van der Waals surface area (Å²) in [6.07, 6.45) is 3.41. The van der Waals surface area contributed by atoms with Crippen molar-refractivity contribution in [1.29, 1.82) is 0 Å². The van der Waals surface area contributed by atoms with Gasteiger partial charge in [-0.25, -0.2) is 0 Å². The Morgan fingerprint density at radius 2 is 2.10 bits per heavy atom. The monoisotopic (exact) mass is 403 g/mol. The fourth-order valence-electron chi connectivity index (χ4n) is 2.13. The van der Waals surface area contributed by atoms with Gasteiger partial charge in [0.2, 0.25) is 6.79 Å². The molecule has 2 aliphatic rings. The van der Waals surface area contributed by atoms with Crippen molar-refractivity contribution < 1.29 is 9.47 Å². The number of rotatable bonds is 5. The van der Waals surface area contributed by atoms with Crippen LogP contribution in [0.15, 0.2) is 23.2 Å². The summed E-state index contributed by atoms with van der Waals surface area (Å²) in [6.45, 7) is 4.07. The van der Waals surface area contributed by atoms with Gasteiger partial charge >= 0.3 is 0 Å². The summed E-state index contributed by atoms with van der Waals surface area (Å²) in [4.78, 5) is 4.60. The molecular formula is C15H22IN3O2. The van der Waals surface area contributed by atoms with Crippen LogP contribution in [0.3, 0.4) is 0 Å². The van der Waals surface area contributed by atoms with Crippen LogP contribution in [0.5, 0.6) is 11.5 Å². The summed E-state index contributed by atoms with van der Waals surface area (Å²) in [5.41, 5.74) is 1.22. The molecule has 1 aliphatic heterocycles. The highest BCUT2D eigenvalue weighted by atomic mass is 127. The van der Waals surface area contributed by atoms with Crippen LogP contribution in [-0.2, 0) is 6.42 Å². The fraction of sp³-hybridized carbons (Fsp3) is 0.533. The van der Waals surface area contributed by atoms with E-state index in [9.17, 15) is 0 Å². The average Bonchev–Trinajstić information content (AvgIpc) is 3.14. The molecule has 0 amide bonds. The molecule has 1 heterocycles. The van der Waals surface area contributed by atoms with Gasteiger partial charge in [0.25, 0.3) is 0 Å². The maximum Gasteiger partial charge on any atom is 0.231 e. The summed E-state index contributed by atoms with van der Waals surface area (Å²) in [7, 11) is 0. The Morgan fingerprint density at radius 3 is 2.86 bits per heavy atom. The number of guanidine groups is 1. The fourth-order valence-corrected chi connectivity index (χ4v) is 2.13. The number of halogens is 1. The lowest BCUT2D eigenvalue weighted by molar-refractivity contribution is 0.174. The number of hydrogen-bond donors (Lipinski definition) is 2. The minimum atomic E-state index is 0. The third-order valence-electron chi connectivity index (χ3n) is 3.37. The van der Waals surface area contributed by atoms with Crippen LogP contribution in [0.2, 0.25) is 0 Å². The lowest BCUT2D eigenvalue weighted by Crippen LogP contribution is -2.38. The zero-order valence-electron chi connectivity index (χ0n) is 12.2. The summed E-state index contributed by atoms with van der Waals surface area (Å²) < 4.78 is 10.7. The number of ether oxygens (including phenoxy) is 2. The second-order valence-electron chi connectivity index (χ2n) is 5.12. The second-order valence-corrected chi connectivity index (χ2v) is 5.12. The number of nitrogens with one attached hydrogen (secondary N) is 2. The molecular weight excluding hydrogens is 381 g/mol. The number of hydrogen-bond acceptors (Lipinski definition) is 3. The predicted octanol–water partition coefficient (Wildman–Crippen LogP) is 2.29. The van der Waals surface area contributed by atoms with E-state index in [0.717, 1.165) is 37.0 Å². The Balaban J connectivity index is 0.00000161. The molecule has 0 radical (unpaired) electrons. The molecule has 21 heavy (non-hydrogen) atoms. The summed E-state index contributed by atoms with van der Waals surface area (Å²) in [5.74, 6) is 2.60. The van der Waals surface area contributed by atoms with E-state index in [-0.39, 0.29) is 24.0 Å². The van der Waals surface area contributed by atoms with Gasteiger partial charge in [-0.1, -0.05) is 6.07 Å². The third kappa shape index (κ3) is 4.66. The van der Waals surface area contributed by atoms with E-state index in [0.29, 0.717) is 12.8 Å². The zero-order valence-corrected chi connectivity index (χ0v) is 14.6. The highest BCUT2D eigenvalue weighted by Crippen LogP contribution is 2.32. The molecule has 1 saturated carbocycles. The van der Waals surface area contributed by atoms with E-state index < -0.39 is 0 Å². The standard InChI is InChI=1S/C15H21N3O2.HI/c1-2-16-15(18-12-4-5-12)17-8-7-11-3-6-13-14(9-11)20-10-19-13;/h3,6,9,12H,2,4-5,7-8,10H2,1H3,(H2,16,17,18);1H. The zero-order chi connectivity index (χ0) is 13.8. The normalized spacial score (nSPS) is 16.3. The van der Waals surface area contributed by atoms with Gasteiger partial charge in [-0.15, -0.1) is 24.0 Å². The van der Waals surface area contributed by atoms with E-state index in [4.69, 9.17) is 9.47 Å². The lowest BCUT2D eigenvalue weighted by Gasteiger charge is -2.10. The Bertz CT molecular complexity index is 504. The Morgan fingerprint density at radius 1 is 1.29 bits per heavy atom. The first-order valence-corrected chi connectivity index (χ1v) is 7.28. The Hall–Kier alpha value is -1.18. The second kappa shape index (κ2) is 7.72. The highest BCUT2D eigenvalue weighted by Gasteiger charge is 2.22. The molecule has 1 aromatic rings. The van der Waals surface area contributed by atoms with E-state index in [1.165, 1.54) is 18.4 Å². The Kier molecular flexibility index (Phi) is 5.96. The van der Waals surface area contributed by atoms with Crippen LogP contribution in [0.4, 0.5) is 0 Å². The third-order valence-corrected chi connectivity index (χ3v) is 3.37. The molecule has 1 aliphatic carbocycles. The quantitative estimate of drug-likeness (QED) is 0.450.